The fraction of sp³-hybridized carbons (Fsp3) is 0.647. The number of hydrogen-bond acceptors (Lipinski definition) is 3. The van der Waals surface area contributed by atoms with Crippen molar-refractivity contribution in [1.82, 2.24) is 4.90 Å². The normalized spacial score (nSPS) is 25.6. The number of aliphatic hydroxyl groups excluding tert-OH is 2. The van der Waals surface area contributed by atoms with E-state index in [1.807, 2.05) is 0 Å². The summed E-state index contributed by atoms with van der Waals surface area (Å²) < 4.78 is 0. The van der Waals surface area contributed by atoms with Crippen molar-refractivity contribution < 1.29 is 10.2 Å². The van der Waals surface area contributed by atoms with Crippen molar-refractivity contribution in [2.75, 3.05) is 19.6 Å². The van der Waals surface area contributed by atoms with Gasteiger partial charge in [0, 0.05) is 13.1 Å². The van der Waals surface area contributed by atoms with Gasteiger partial charge in [-0.2, -0.15) is 0 Å². The molecule has 0 bridgehead atoms. The topological polar surface area (TPSA) is 43.7 Å². The number of piperidine rings is 1. The van der Waals surface area contributed by atoms with Crippen molar-refractivity contribution in [3.8, 4) is 0 Å². The van der Waals surface area contributed by atoms with E-state index >= 15 is 0 Å². The van der Waals surface area contributed by atoms with E-state index < -0.39 is 6.10 Å². The zero-order chi connectivity index (χ0) is 14.7. The van der Waals surface area contributed by atoms with Gasteiger partial charge in [0.15, 0.2) is 0 Å². The lowest BCUT2D eigenvalue weighted by molar-refractivity contribution is 0.0226. The van der Waals surface area contributed by atoms with Gasteiger partial charge in [0.25, 0.3) is 0 Å². The smallest absolute Gasteiger partial charge is 0.0802 e. The number of likely N-dealkylation sites (tertiary alicyclic amines) is 1. The summed E-state index contributed by atoms with van der Waals surface area (Å²) in [6.07, 6.45) is 1.14. The number of rotatable bonds is 4. The summed E-state index contributed by atoms with van der Waals surface area (Å²) in [5.41, 5.74) is 3.40. The first-order valence-corrected chi connectivity index (χ1v) is 7.62. The highest BCUT2D eigenvalue weighted by molar-refractivity contribution is 5.29. The van der Waals surface area contributed by atoms with Crippen molar-refractivity contribution in [2.24, 2.45) is 5.92 Å². The molecule has 2 N–H and O–H groups in total. The van der Waals surface area contributed by atoms with Crippen molar-refractivity contribution in [3.05, 3.63) is 34.9 Å². The average Bonchev–Trinajstić information content (AvgIpc) is 2.38. The third-order valence-electron chi connectivity index (χ3n) is 4.35. The number of aryl methyl sites for hydroxylation is 2. The molecular weight excluding hydrogens is 250 g/mol. The molecule has 3 heteroatoms. The molecule has 1 aromatic carbocycles. The van der Waals surface area contributed by atoms with Crippen LogP contribution >= 0.6 is 0 Å². The molecule has 0 radical (unpaired) electrons. The lowest BCUT2D eigenvalue weighted by atomic mass is 9.95. The second-order valence-corrected chi connectivity index (χ2v) is 6.36. The van der Waals surface area contributed by atoms with Gasteiger partial charge < -0.3 is 15.1 Å². The molecule has 3 atom stereocenters. The molecule has 0 aromatic heterocycles. The first-order valence-electron chi connectivity index (χ1n) is 7.62. The van der Waals surface area contributed by atoms with Crippen LogP contribution in [0.1, 0.15) is 42.6 Å². The van der Waals surface area contributed by atoms with Crippen LogP contribution in [0.4, 0.5) is 0 Å². The zero-order valence-corrected chi connectivity index (χ0v) is 12.8. The Labute approximate surface area is 122 Å². The maximum Gasteiger partial charge on any atom is 0.0802 e. The molecule has 2 rings (SSSR count). The Morgan fingerprint density at radius 1 is 1.25 bits per heavy atom. The van der Waals surface area contributed by atoms with Gasteiger partial charge in [-0.25, -0.2) is 0 Å². The van der Waals surface area contributed by atoms with Crippen LogP contribution in [-0.4, -0.2) is 40.9 Å². The van der Waals surface area contributed by atoms with E-state index in [1.54, 1.807) is 0 Å². The molecule has 1 aliphatic rings. The van der Waals surface area contributed by atoms with Gasteiger partial charge in [-0.05, 0) is 44.7 Å². The highest BCUT2D eigenvalue weighted by atomic mass is 16.3. The van der Waals surface area contributed by atoms with Gasteiger partial charge in [0.05, 0.1) is 12.2 Å². The third-order valence-corrected chi connectivity index (χ3v) is 4.35. The van der Waals surface area contributed by atoms with Crippen LogP contribution in [0.3, 0.4) is 0 Å². The van der Waals surface area contributed by atoms with E-state index in [0.29, 0.717) is 5.92 Å². The van der Waals surface area contributed by atoms with Crippen molar-refractivity contribution in [2.45, 2.75) is 45.8 Å². The molecule has 0 spiro atoms. The molecule has 1 saturated heterocycles. The van der Waals surface area contributed by atoms with Crippen LogP contribution in [0.5, 0.6) is 0 Å². The first kappa shape index (κ1) is 15.5. The van der Waals surface area contributed by atoms with Crippen LogP contribution < -0.4 is 0 Å². The van der Waals surface area contributed by atoms with Gasteiger partial charge in [-0.1, -0.05) is 36.2 Å². The van der Waals surface area contributed by atoms with E-state index in [9.17, 15) is 10.2 Å². The SMILES string of the molecule is Cc1cc(C)cc(C(O)CCN2CCC(C)C(O)C2)c1. The summed E-state index contributed by atoms with van der Waals surface area (Å²) in [7, 11) is 0. The Bertz CT molecular complexity index is 426. The predicted octanol–water partition coefficient (Wildman–Crippen LogP) is 2.43. The fourth-order valence-electron chi connectivity index (χ4n) is 2.99. The van der Waals surface area contributed by atoms with E-state index in [1.165, 1.54) is 11.1 Å². The molecule has 1 aromatic rings. The van der Waals surface area contributed by atoms with E-state index in [2.05, 4.69) is 43.9 Å². The van der Waals surface area contributed by atoms with Crippen LogP contribution in [0.15, 0.2) is 18.2 Å². The number of β-amino-alcohol motifs (C(OH)–C–C–N with tert-alkyl or cyclic N) is 1. The average molecular weight is 277 g/mol. The van der Waals surface area contributed by atoms with E-state index in [0.717, 1.165) is 38.0 Å². The van der Waals surface area contributed by atoms with Gasteiger partial charge in [-0.15, -0.1) is 0 Å². The van der Waals surface area contributed by atoms with Crippen molar-refractivity contribution >= 4 is 0 Å². The minimum Gasteiger partial charge on any atom is -0.392 e. The highest BCUT2D eigenvalue weighted by Gasteiger charge is 2.24. The molecule has 0 aliphatic carbocycles. The number of aliphatic hydroxyl groups is 2. The monoisotopic (exact) mass is 277 g/mol. The lowest BCUT2D eigenvalue weighted by Gasteiger charge is -2.34. The molecule has 112 valence electrons. The zero-order valence-electron chi connectivity index (χ0n) is 12.8. The Balaban J connectivity index is 1.87. The third kappa shape index (κ3) is 4.05. The Morgan fingerprint density at radius 2 is 1.90 bits per heavy atom. The minimum absolute atomic E-state index is 0.220. The molecule has 3 nitrogen and oxygen atoms in total. The largest absolute Gasteiger partial charge is 0.392 e. The van der Waals surface area contributed by atoms with Crippen LogP contribution in [-0.2, 0) is 0 Å². The second kappa shape index (κ2) is 6.70. The van der Waals surface area contributed by atoms with Crippen LogP contribution in [0.2, 0.25) is 0 Å². The van der Waals surface area contributed by atoms with Gasteiger partial charge >= 0.3 is 0 Å². The minimum atomic E-state index is -0.412. The van der Waals surface area contributed by atoms with Crippen LogP contribution in [0.25, 0.3) is 0 Å². The standard InChI is InChI=1S/C17H27NO2/c1-12-8-13(2)10-15(9-12)16(19)5-7-18-6-4-14(3)17(20)11-18/h8-10,14,16-17,19-20H,4-7,11H2,1-3H3. The first-order chi connectivity index (χ1) is 9.45. The van der Waals surface area contributed by atoms with Gasteiger partial charge in [0.2, 0.25) is 0 Å². The number of hydrogen-bond donors (Lipinski definition) is 2. The summed E-state index contributed by atoms with van der Waals surface area (Å²) in [4.78, 5) is 2.26. The van der Waals surface area contributed by atoms with Crippen LogP contribution in [0, 0.1) is 19.8 Å². The van der Waals surface area contributed by atoms with E-state index in [4.69, 9.17) is 0 Å². The molecule has 1 heterocycles. The van der Waals surface area contributed by atoms with Crippen molar-refractivity contribution in [3.63, 3.8) is 0 Å². The summed E-state index contributed by atoms with van der Waals surface area (Å²) in [5.74, 6) is 0.399. The summed E-state index contributed by atoms with van der Waals surface area (Å²) in [6.45, 7) is 8.83. The Kier molecular flexibility index (Phi) is 5.19. The highest BCUT2D eigenvalue weighted by Crippen LogP contribution is 2.22. The Morgan fingerprint density at radius 3 is 2.50 bits per heavy atom. The van der Waals surface area contributed by atoms with E-state index in [-0.39, 0.29) is 6.10 Å². The maximum absolute atomic E-state index is 10.3. The maximum atomic E-state index is 10.3. The summed E-state index contributed by atoms with van der Waals surface area (Å²) in [5, 5.41) is 20.2. The summed E-state index contributed by atoms with van der Waals surface area (Å²) >= 11 is 0. The van der Waals surface area contributed by atoms with Gasteiger partial charge in [0.1, 0.15) is 0 Å². The molecule has 20 heavy (non-hydrogen) atoms. The molecule has 3 unspecified atom stereocenters. The molecule has 0 saturated carbocycles. The second-order valence-electron chi connectivity index (χ2n) is 6.36. The van der Waals surface area contributed by atoms with Crippen molar-refractivity contribution in [1.29, 1.82) is 0 Å². The fourth-order valence-corrected chi connectivity index (χ4v) is 2.99. The quantitative estimate of drug-likeness (QED) is 0.888. The predicted molar refractivity (Wildman–Crippen MR) is 81.7 cm³/mol. The molecule has 0 amide bonds. The number of benzene rings is 1. The molecule has 1 aliphatic heterocycles. The summed E-state index contributed by atoms with van der Waals surface area (Å²) in [6, 6.07) is 6.24. The van der Waals surface area contributed by atoms with Gasteiger partial charge in [-0.3, -0.25) is 0 Å². The lowest BCUT2D eigenvalue weighted by Crippen LogP contribution is -2.43. The number of nitrogens with zero attached hydrogens (tertiary/aromatic N) is 1. The molecule has 1 fully saturated rings. The Hall–Kier alpha value is -0.900. The molecular formula is C17H27NO2.